The molecule has 0 saturated carbocycles. The molecule has 8 heteroatoms. The molecular formula is C16H10F2N4O2. The number of carbonyl (C=O) groups excluding carboxylic acids is 2. The van der Waals surface area contributed by atoms with Crippen LogP contribution in [-0.4, -0.2) is 23.9 Å². The van der Waals surface area contributed by atoms with Crippen LogP contribution in [0.5, 0.6) is 0 Å². The zero-order chi connectivity index (χ0) is 16.8. The number of fused-ring (bicyclic) bond motifs is 1. The molecule has 120 valence electrons. The number of amides is 2. The summed E-state index contributed by atoms with van der Waals surface area (Å²) in [5.41, 5.74) is 0.727. The number of carbonyl (C=O) groups is 2. The Morgan fingerprint density at radius 1 is 0.792 bits per heavy atom. The molecule has 6 nitrogen and oxygen atoms in total. The summed E-state index contributed by atoms with van der Waals surface area (Å²) in [4.78, 5) is 26.2. The van der Waals surface area contributed by atoms with E-state index in [0.717, 1.165) is 4.90 Å². The number of nitrogens with zero attached hydrogens (tertiary/aromatic N) is 4. The number of halogens is 2. The van der Waals surface area contributed by atoms with Crippen LogP contribution in [0, 0.1) is 11.6 Å². The Hall–Kier alpha value is -3.16. The van der Waals surface area contributed by atoms with Crippen LogP contribution in [0.15, 0.2) is 58.9 Å². The van der Waals surface area contributed by atoms with Crippen molar-refractivity contribution in [3.8, 4) is 0 Å². The second kappa shape index (κ2) is 5.19. The number of hydrogen-bond acceptors (Lipinski definition) is 5. The van der Waals surface area contributed by atoms with Crippen LogP contribution in [0.25, 0.3) is 0 Å². The Bertz CT molecular complexity index is 851. The third-order valence-electron chi connectivity index (χ3n) is 3.96. The standard InChI is InChI=1S/C16H10F2N4O2/c17-9-1-5-11(6-2-9)21-15(23)13-14(16(21)24)22(20-19-13)12-7-3-10(18)4-8-12/h1-8,13-14H/t13-,14-/m0/s1. The van der Waals surface area contributed by atoms with Gasteiger partial charge in [0.2, 0.25) is 0 Å². The first-order valence-electron chi connectivity index (χ1n) is 7.15. The van der Waals surface area contributed by atoms with Crippen molar-refractivity contribution in [1.82, 2.24) is 0 Å². The Balaban J connectivity index is 1.69. The van der Waals surface area contributed by atoms with Crippen LogP contribution in [0.1, 0.15) is 0 Å². The molecule has 24 heavy (non-hydrogen) atoms. The fourth-order valence-electron chi connectivity index (χ4n) is 2.81. The van der Waals surface area contributed by atoms with E-state index in [-0.39, 0.29) is 5.69 Å². The highest BCUT2D eigenvalue weighted by molar-refractivity contribution is 6.26. The SMILES string of the molecule is O=C1[C@H]2N=NN(c3ccc(F)cc3)[C@@H]2C(=O)N1c1ccc(F)cc1. The monoisotopic (exact) mass is 328 g/mol. The van der Waals surface area contributed by atoms with E-state index in [1.165, 1.54) is 53.5 Å². The average molecular weight is 328 g/mol. The number of anilines is 2. The summed E-state index contributed by atoms with van der Waals surface area (Å²) in [5.74, 6) is -1.92. The molecule has 2 amide bonds. The highest BCUT2D eigenvalue weighted by Crippen LogP contribution is 2.34. The van der Waals surface area contributed by atoms with Crippen molar-refractivity contribution in [2.24, 2.45) is 10.3 Å². The fourth-order valence-corrected chi connectivity index (χ4v) is 2.81. The number of hydrogen-bond donors (Lipinski definition) is 0. The quantitative estimate of drug-likeness (QED) is 0.796. The van der Waals surface area contributed by atoms with Gasteiger partial charge >= 0.3 is 0 Å². The molecule has 1 fully saturated rings. The van der Waals surface area contributed by atoms with Gasteiger partial charge in [-0.25, -0.2) is 18.7 Å². The van der Waals surface area contributed by atoms with Crippen LogP contribution >= 0.6 is 0 Å². The van der Waals surface area contributed by atoms with E-state index in [9.17, 15) is 18.4 Å². The Morgan fingerprint density at radius 3 is 1.92 bits per heavy atom. The van der Waals surface area contributed by atoms with Crippen LogP contribution in [0.2, 0.25) is 0 Å². The van der Waals surface area contributed by atoms with Crippen LogP contribution in [0.3, 0.4) is 0 Å². The van der Waals surface area contributed by atoms with Crippen LogP contribution < -0.4 is 9.91 Å². The van der Waals surface area contributed by atoms with Crippen molar-refractivity contribution in [1.29, 1.82) is 0 Å². The zero-order valence-corrected chi connectivity index (χ0v) is 12.1. The summed E-state index contributed by atoms with van der Waals surface area (Å²) in [7, 11) is 0. The lowest BCUT2D eigenvalue weighted by Gasteiger charge is -2.20. The van der Waals surface area contributed by atoms with Gasteiger partial charge in [-0.15, -0.1) is 0 Å². The summed E-state index contributed by atoms with van der Waals surface area (Å²) in [5, 5.41) is 9.04. The van der Waals surface area contributed by atoms with E-state index in [4.69, 9.17) is 0 Å². The topological polar surface area (TPSA) is 65.3 Å². The summed E-state index contributed by atoms with van der Waals surface area (Å²) < 4.78 is 26.1. The molecule has 2 aliphatic rings. The first-order valence-corrected chi connectivity index (χ1v) is 7.15. The minimum Gasteiger partial charge on any atom is -0.271 e. The molecule has 0 N–H and O–H groups in total. The van der Waals surface area contributed by atoms with E-state index in [1.54, 1.807) is 0 Å². The van der Waals surface area contributed by atoms with E-state index in [0.29, 0.717) is 5.69 Å². The van der Waals surface area contributed by atoms with Crippen molar-refractivity contribution in [3.63, 3.8) is 0 Å². The van der Waals surface area contributed by atoms with Gasteiger partial charge < -0.3 is 0 Å². The maximum atomic E-state index is 13.1. The van der Waals surface area contributed by atoms with Crippen LogP contribution in [0.4, 0.5) is 20.2 Å². The molecule has 0 unspecified atom stereocenters. The second-order valence-corrected chi connectivity index (χ2v) is 5.40. The largest absolute Gasteiger partial charge is 0.271 e. The molecule has 2 heterocycles. The van der Waals surface area contributed by atoms with Crippen molar-refractivity contribution >= 4 is 23.2 Å². The average Bonchev–Trinajstić information content (AvgIpc) is 3.11. The van der Waals surface area contributed by atoms with E-state index < -0.39 is 35.5 Å². The van der Waals surface area contributed by atoms with Crippen LogP contribution in [-0.2, 0) is 9.59 Å². The highest BCUT2D eigenvalue weighted by Gasteiger charge is 2.55. The first kappa shape index (κ1) is 14.4. The smallest absolute Gasteiger partial charge is 0.263 e. The molecule has 0 spiro atoms. The van der Waals surface area contributed by atoms with Gasteiger partial charge in [0.05, 0.1) is 11.4 Å². The molecule has 0 bridgehead atoms. The lowest BCUT2D eigenvalue weighted by Crippen LogP contribution is -2.39. The van der Waals surface area contributed by atoms with Gasteiger partial charge in [-0.3, -0.25) is 9.59 Å². The highest BCUT2D eigenvalue weighted by atomic mass is 19.1. The third-order valence-corrected chi connectivity index (χ3v) is 3.96. The van der Waals surface area contributed by atoms with E-state index in [2.05, 4.69) is 10.3 Å². The summed E-state index contributed by atoms with van der Waals surface area (Å²) in [6.45, 7) is 0. The minimum absolute atomic E-state index is 0.273. The van der Waals surface area contributed by atoms with Crippen molar-refractivity contribution in [3.05, 3.63) is 60.2 Å². The molecular weight excluding hydrogens is 318 g/mol. The van der Waals surface area contributed by atoms with Gasteiger partial charge in [0.15, 0.2) is 12.1 Å². The number of benzene rings is 2. The lowest BCUT2D eigenvalue weighted by atomic mass is 10.1. The molecule has 2 aliphatic heterocycles. The first-order chi connectivity index (χ1) is 11.6. The predicted molar refractivity (Wildman–Crippen MR) is 80.2 cm³/mol. The van der Waals surface area contributed by atoms with Crippen molar-refractivity contribution in [2.45, 2.75) is 12.1 Å². The Kier molecular flexibility index (Phi) is 3.12. The van der Waals surface area contributed by atoms with Gasteiger partial charge in [-0.1, -0.05) is 5.22 Å². The molecule has 2 aromatic carbocycles. The predicted octanol–water partition coefficient (Wildman–Crippen LogP) is 2.46. The Labute approximate surface area is 135 Å². The summed E-state index contributed by atoms with van der Waals surface area (Å²) in [6, 6.07) is 8.53. The van der Waals surface area contributed by atoms with Gasteiger partial charge in [-0.05, 0) is 48.5 Å². The van der Waals surface area contributed by atoms with Crippen molar-refractivity contribution < 1.29 is 18.4 Å². The number of imide groups is 1. The van der Waals surface area contributed by atoms with E-state index >= 15 is 0 Å². The maximum absolute atomic E-state index is 13.1. The van der Waals surface area contributed by atoms with Gasteiger partial charge in [0, 0.05) is 0 Å². The molecule has 0 radical (unpaired) electrons. The van der Waals surface area contributed by atoms with E-state index in [1.807, 2.05) is 0 Å². The minimum atomic E-state index is -0.965. The summed E-state index contributed by atoms with van der Waals surface area (Å²) in [6.07, 6.45) is 0. The Morgan fingerprint density at radius 2 is 1.33 bits per heavy atom. The normalized spacial score (nSPS) is 22.4. The molecule has 4 rings (SSSR count). The fraction of sp³-hybridized carbons (Fsp3) is 0.125. The second-order valence-electron chi connectivity index (χ2n) is 5.40. The number of rotatable bonds is 2. The molecule has 1 saturated heterocycles. The maximum Gasteiger partial charge on any atom is 0.263 e. The molecule has 0 aliphatic carbocycles. The lowest BCUT2D eigenvalue weighted by molar-refractivity contribution is -0.121. The zero-order valence-electron chi connectivity index (χ0n) is 12.1. The van der Waals surface area contributed by atoms with Gasteiger partial charge in [0.1, 0.15) is 11.6 Å². The van der Waals surface area contributed by atoms with Gasteiger partial charge in [-0.2, -0.15) is 5.11 Å². The molecule has 2 aromatic rings. The van der Waals surface area contributed by atoms with Crippen molar-refractivity contribution in [2.75, 3.05) is 9.91 Å². The summed E-state index contributed by atoms with van der Waals surface area (Å²) >= 11 is 0. The molecule has 2 atom stereocenters. The molecule has 0 aromatic heterocycles. The third kappa shape index (κ3) is 2.07. The van der Waals surface area contributed by atoms with Gasteiger partial charge in [0.25, 0.3) is 11.8 Å².